The molecule has 0 aliphatic carbocycles. The van der Waals surface area contributed by atoms with E-state index in [2.05, 4.69) is 4.98 Å². The normalized spacial score (nSPS) is 20.6. The molecule has 0 atom stereocenters. The number of rotatable bonds is 2. The molecule has 1 saturated heterocycles. The lowest BCUT2D eigenvalue weighted by Crippen LogP contribution is -2.41. The van der Waals surface area contributed by atoms with Gasteiger partial charge >= 0.3 is 7.12 Å². The van der Waals surface area contributed by atoms with Gasteiger partial charge in [0.25, 0.3) is 0 Å². The summed E-state index contributed by atoms with van der Waals surface area (Å²) in [6, 6.07) is 3.70. The highest BCUT2D eigenvalue weighted by atomic mass is 35.5. The summed E-state index contributed by atoms with van der Waals surface area (Å²) in [5.74, 6) is 0. The SMILES string of the molecule is CC(C)(O)c1ccc(B2OC(C)(C)C(C)(C)O2)cn1.Cl. The maximum atomic E-state index is 9.89. The molecule has 0 amide bonds. The molecule has 1 aliphatic heterocycles. The molecule has 2 heterocycles. The quantitative estimate of drug-likeness (QED) is 0.849. The third kappa shape index (κ3) is 3.17. The van der Waals surface area contributed by atoms with E-state index in [1.807, 2.05) is 33.8 Å². The van der Waals surface area contributed by atoms with E-state index < -0.39 is 12.7 Å². The van der Waals surface area contributed by atoms with Crippen LogP contribution in [0.1, 0.15) is 47.2 Å². The molecule has 1 aliphatic rings. The lowest BCUT2D eigenvalue weighted by molar-refractivity contribution is 0.00578. The third-order valence-corrected chi connectivity index (χ3v) is 3.94. The smallest absolute Gasteiger partial charge is 0.399 e. The molecule has 0 unspecified atom stereocenters. The van der Waals surface area contributed by atoms with Crippen molar-refractivity contribution in [1.29, 1.82) is 0 Å². The Morgan fingerprint density at radius 3 is 1.95 bits per heavy atom. The van der Waals surface area contributed by atoms with E-state index in [0.29, 0.717) is 5.69 Å². The largest absolute Gasteiger partial charge is 0.496 e. The lowest BCUT2D eigenvalue weighted by atomic mass is 9.80. The first kappa shape index (κ1) is 17.4. The Morgan fingerprint density at radius 1 is 1.10 bits per heavy atom. The molecule has 1 aromatic rings. The molecule has 0 saturated carbocycles. The van der Waals surface area contributed by atoms with Gasteiger partial charge in [0.15, 0.2) is 0 Å². The molecule has 112 valence electrons. The van der Waals surface area contributed by atoms with E-state index in [1.165, 1.54) is 0 Å². The van der Waals surface area contributed by atoms with Crippen LogP contribution < -0.4 is 5.46 Å². The van der Waals surface area contributed by atoms with Gasteiger partial charge in [-0.1, -0.05) is 6.07 Å². The Balaban J connectivity index is 0.00000200. The first-order valence-corrected chi connectivity index (χ1v) is 6.57. The molecule has 20 heavy (non-hydrogen) atoms. The zero-order chi connectivity index (χ0) is 14.5. The molecular weight excluding hydrogens is 276 g/mol. The summed E-state index contributed by atoms with van der Waals surface area (Å²) in [7, 11) is -0.409. The van der Waals surface area contributed by atoms with E-state index in [0.717, 1.165) is 5.46 Å². The van der Waals surface area contributed by atoms with Crippen molar-refractivity contribution in [2.24, 2.45) is 0 Å². The van der Waals surface area contributed by atoms with Gasteiger partial charge in [-0.3, -0.25) is 4.98 Å². The summed E-state index contributed by atoms with van der Waals surface area (Å²) in [4.78, 5) is 4.28. The number of nitrogens with zero attached hydrogens (tertiary/aromatic N) is 1. The minimum absolute atomic E-state index is 0. The van der Waals surface area contributed by atoms with Crippen LogP contribution >= 0.6 is 12.4 Å². The highest BCUT2D eigenvalue weighted by Crippen LogP contribution is 2.36. The zero-order valence-electron chi connectivity index (χ0n) is 12.9. The fourth-order valence-corrected chi connectivity index (χ4v) is 1.89. The Kier molecular flexibility index (Phi) is 4.62. The molecule has 0 spiro atoms. The van der Waals surface area contributed by atoms with E-state index >= 15 is 0 Å². The van der Waals surface area contributed by atoms with E-state index in [4.69, 9.17) is 9.31 Å². The molecule has 2 rings (SSSR count). The molecule has 6 heteroatoms. The van der Waals surface area contributed by atoms with Crippen LogP contribution in [-0.4, -0.2) is 28.4 Å². The van der Waals surface area contributed by atoms with Crippen molar-refractivity contribution in [2.75, 3.05) is 0 Å². The predicted octanol–water partition coefficient (Wildman–Crippen LogP) is 2.03. The van der Waals surface area contributed by atoms with E-state index in [1.54, 1.807) is 26.1 Å². The second-order valence-electron chi connectivity index (χ2n) is 6.62. The molecule has 0 bridgehead atoms. The second kappa shape index (κ2) is 5.30. The maximum Gasteiger partial charge on any atom is 0.496 e. The van der Waals surface area contributed by atoms with Crippen LogP contribution in [0, 0.1) is 0 Å². The van der Waals surface area contributed by atoms with Crippen molar-refractivity contribution >= 4 is 25.0 Å². The molecule has 0 aromatic carbocycles. The molecule has 4 nitrogen and oxygen atoms in total. The van der Waals surface area contributed by atoms with Crippen LogP contribution in [-0.2, 0) is 14.9 Å². The highest BCUT2D eigenvalue weighted by Gasteiger charge is 2.51. The Labute approximate surface area is 127 Å². The minimum Gasteiger partial charge on any atom is -0.399 e. The van der Waals surface area contributed by atoms with Crippen LogP contribution in [0.2, 0.25) is 0 Å². The minimum atomic E-state index is -0.936. The van der Waals surface area contributed by atoms with Gasteiger partial charge in [0, 0.05) is 11.7 Å². The van der Waals surface area contributed by atoms with Crippen LogP contribution in [0.15, 0.2) is 18.3 Å². The van der Waals surface area contributed by atoms with Gasteiger partial charge in [-0.2, -0.15) is 0 Å². The summed E-state index contributed by atoms with van der Waals surface area (Å²) in [6.45, 7) is 11.5. The number of pyridine rings is 1. The molecule has 1 fully saturated rings. The number of aromatic nitrogens is 1. The second-order valence-corrected chi connectivity index (χ2v) is 6.62. The van der Waals surface area contributed by atoms with E-state index in [-0.39, 0.29) is 23.6 Å². The van der Waals surface area contributed by atoms with Gasteiger partial charge in [0.05, 0.1) is 16.9 Å². The summed E-state index contributed by atoms with van der Waals surface area (Å²) in [6.07, 6.45) is 1.70. The monoisotopic (exact) mass is 299 g/mol. The molecular formula is C14H23BClNO3. The van der Waals surface area contributed by atoms with Crippen LogP contribution in [0.5, 0.6) is 0 Å². The average molecular weight is 300 g/mol. The van der Waals surface area contributed by atoms with Crippen molar-refractivity contribution in [3.8, 4) is 0 Å². The topological polar surface area (TPSA) is 51.6 Å². The van der Waals surface area contributed by atoms with Crippen molar-refractivity contribution < 1.29 is 14.4 Å². The zero-order valence-corrected chi connectivity index (χ0v) is 13.7. The fourth-order valence-electron chi connectivity index (χ4n) is 1.89. The van der Waals surface area contributed by atoms with Crippen LogP contribution in [0.4, 0.5) is 0 Å². The first-order chi connectivity index (χ1) is 8.53. The van der Waals surface area contributed by atoms with Crippen molar-refractivity contribution in [3.63, 3.8) is 0 Å². The summed E-state index contributed by atoms with van der Waals surface area (Å²) < 4.78 is 11.9. The van der Waals surface area contributed by atoms with Crippen molar-refractivity contribution in [2.45, 2.75) is 58.3 Å². The highest BCUT2D eigenvalue weighted by molar-refractivity contribution is 6.62. The van der Waals surface area contributed by atoms with Crippen LogP contribution in [0.3, 0.4) is 0 Å². The molecule has 1 aromatic heterocycles. The van der Waals surface area contributed by atoms with Gasteiger partial charge in [-0.05, 0) is 47.6 Å². The standard InChI is InChI=1S/C14H22BNO3.ClH/c1-12(2,17)11-8-7-10(9-16-11)15-18-13(3,4)14(5,6)19-15;/h7-9,17H,1-6H3;1H. The van der Waals surface area contributed by atoms with Gasteiger partial charge in [0.2, 0.25) is 0 Å². The summed E-state index contributed by atoms with van der Waals surface area (Å²) >= 11 is 0. The number of aliphatic hydroxyl groups is 1. The Morgan fingerprint density at radius 2 is 1.60 bits per heavy atom. The van der Waals surface area contributed by atoms with Crippen molar-refractivity contribution in [1.82, 2.24) is 4.98 Å². The Hall–Kier alpha value is -0.615. The fraction of sp³-hybridized carbons (Fsp3) is 0.643. The van der Waals surface area contributed by atoms with Gasteiger partial charge in [0.1, 0.15) is 5.60 Å². The Bertz CT molecular complexity index is 452. The first-order valence-electron chi connectivity index (χ1n) is 6.57. The van der Waals surface area contributed by atoms with Crippen LogP contribution in [0.25, 0.3) is 0 Å². The number of hydrogen-bond acceptors (Lipinski definition) is 4. The van der Waals surface area contributed by atoms with Gasteiger partial charge in [-0.15, -0.1) is 12.4 Å². The number of hydrogen-bond donors (Lipinski definition) is 1. The summed E-state index contributed by atoms with van der Waals surface area (Å²) in [5.41, 5.74) is -0.146. The van der Waals surface area contributed by atoms with E-state index in [9.17, 15) is 5.11 Å². The molecule has 1 N–H and O–H groups in total. The molecule has 0 radical (unpaired) electrons. The number of halogens is 1. The predicted molar refractivity (Wildman–Crippen MR) is 82.4 cm³/mol. The van der Waals surface area contributed by atoms with Gasteiger partial charge in [-0.25, -0.2) is 0 Å². The van der Waals surface area contributed by atoms with Gasteiger partial charge < -0.3 is 14.4 Å². The van der Waals surface area contributed by atoms with Crippen molar-refractivity contribution in [3.05, 3.63) is 24.0 Å². The average Bonchev–Trinajstić information content (AvgIpc) is 2.47. The summed E-state index contributed by atoms with van der Waals surface area (Å²) in [5, 5.41) is 9.89. The third-order valence-electron chi connectivity index (χ3n) is 3.94. The maximum absolute atomic E-state index is 9.89. The lowest BCUT2D eigenvalue weighted by Gasteiger charge is -2.32.